The summed E-state index contributed by atoms with van der Waals surface area (Å²) in [6.45, 7) is 0. The van der Waals surface area contributed by atoms with Crippen molar-refractivity contribution in [2.75, 3.05) is 4.72 Å². The van der Waals surface area contributed by atoms with E-state index in [1.807, 2.05) is 0 Å². The van der Waals surface area contributed by atoms with Crippen LogP contribution in [-0.4, -0.2) is 23.7 Å². The van der Waals surface area contributed by atoms with Crippen molar-refractivity contribution in [2.24, 2.45) is 0 Å². The van der Waals surface area contributed by atoms with Gasteiger partial charge in [0, 0.05) is 6.07 Å². The molecule has 0 fully saturated rings. The molecule has 148 valence electrons. The standard InChI is InChI=1S/C19H12FNO7S/c20-9-4-6-10(7-5-9)29(26,27)21-11-8-14-16(19(25)17(11)23)18(24)15-12(22)2-1-3-13(15)28-14/h1-8,21-23,25H. The molecule has 0 aliphatic rings. The van der Waals surface area contributed by atoms with Gasteiger partial charge in [-0.2, -0.15) is 0 Å². The smallest absolute Gasteiger partial charge is 0.262 e. The van der Waals surface area contributed by atoms with Crippen LogP contribution in [0.1, 0.15) is 0 Å². The van der Waals surface area contributed by atoms with E-state index in [0.717, 1.165) is 30.3 Å². The Labute approximate surface area is 162 Å². The largest absolute Gasteiger partial charge is 0.507 e. The fourth-order valence-electron chi connectivity index (χ4n) is 2.91. The second-order valence-electron chi connectivity index (χ2n) is 6.14. The highest BCUT2D eigenvalue weighted by molar-refractivity contribution is 7.92. The molecule has 0 aliphatic heterocycles. The average molecular weight is 417 g/mol. The summed E-state index contributed by atoms with van der Waals surface area (Å²) in [6, 6.07) is 9.06. The molecule has 29 heavy (non-hydrogen) atoms. The molecule has 4 aromatic rings. The lowest BCUT2D eigenvalue weighted by atomic mass is 10.1. The summed E-state index contributed by atoms with van der Waals surface area (Å²) in [5.41, 5.74) is -1.48. The Morgan fingerprint density at radius 2 is 1.59 bits per heavy atom. The second-order valence-corrected chi connectivity index (χ2v) is 7.82. The number of hydrogen-bond acceptors (Lipinski definition) is 7. The highest BCUT2D eigenvalue weighted by Crippen LogP contribution is 2.41. The zero-order valence-electron chi connectivity index (χ0n) is 14.4. The molecule has 1 heterocycles. The predicted molar refractivity (Wildman–Crippen MR) is 102 cm³/mol. The van der Waals surface area contributed by atoms with Gasteiger partial charge in [0.05, 0.1) is 10.6 Å². The Kier molecular flexibility index (Phi) is 4.09. The molecule has 4 rings (SSSR count). The summed E-state index contributed by atoms with van der Waals surface area (Å²) >= 11 is 0. The molecular formula is C19H12FNO7S. The topological polar surface area (TPSA) is 137 Å². The number of benzene rings is 3. The van der Waals surface area contributed by atoms with Gasteiger partial charge in [0.2, 0.25) is 5.43 Å². The molecule has 0 unspecified atom stereocenters. The zero-order valence-corrected chi connectivity index (χ0v) is 15.2. The van der Waals surface area contributed by atoms with Crippen molar-refractivity contribution in [1.29, 1.82) is 0 Å². The lowest BCUT2D eigenvalue weighted by Gasteiger charge is -2.12. The molecule has 0 atom stereocenters. The number of phenols is 3. The van der Waals surface area contributed by atoms with Gasteiger partial charge < -0.3 is 19.7 Å². The lowest BCUT2D eigenvalue weighted by Crippen LogP contribution is -2.13. The summed E-state index contributed by atoms with van der Waals surface area (Å²) in [6.07, 6.45) is 0. The Morgan fingerprint density at radius 1 is 0.897 bits per heavy atom. The maximum atomic E-state index is 13.0. The van der Waals surface area contributed by atoms with E-state index in [4.69, 9.17) is 4.42 Å². The highest BCUT2D eigenvalue weighted by Gasteiger charge is 2.23. The number of nitrogens with one attached hydrogen (secondary N) is 1. The second kappa shape index (κ2) is 6.38. The molecule has 0 saturated carbocycles. The van der Waals surface area contributed by atoms with E-state index in [-0.39, 0.29) is 27.2 Å². The van der Waals surface area contributed by atoms with Crippen molar-refractivity contribution in [1.82, 2.24) is 0 Å². The fourth-order valence-corrected chi connectivity index (χ4v) is 3.96. The van der Waals surface area contributed by atoms with Crippen LogP contribution >= 0.6 is 0 Å². The lowest BCUT2D eigenvalue weighted by molar-refractivity contribution is 0.409. The first kappa shape index (κ1) is 18.6. The molecule has 3 aromatic carbocycles. The van der Waals surface area contributed by atoms with E-state index in [9.17, 15) is 32.9 Å². The van der Waals surface area contributed by atoms with Gasteiger partial charge in [-0.05, 0) is 36.4 Å². The molecule has 0 aliphatic carbocycles. The third-order valence-corrected chi connectivity index (χ3v) is 5.67. The summed E-state index contributed by atoms with van der Waals surface area (Å²) < 4.78 is 45.6. The Balaban J connectivity index is 1.93. The van der Waals surface area contributed by atoms with Gasteiger partial charge in [-0.25, -0.2) is 12.8 Å². The van der Waals surface area contributed by atoms with E-state index < -0.39 is 43.8 Å². The van der Waals surface area contributed by atoms with Gasteiger partial charge in [-0.15, -0.1) is 0 Å². The molecule has 1 aromatic heterocycles. The van der Waals surface area contributed by atoms with Crippen LogP contribution in [0.2, 0.25) is 0 Å². The first-order valence-corrected chi connectivity index (χ1v) is 9.59. The van der Waals surface area contributed by atoms with Crippen molar-refractivity contribution in [3.63, 3.8) is 0 Å². The van der Waals surface area contributed by atoms with Crippen LogP contribution < -0.4 is 10.2 Å². The number of phenolic OH excluding ortho intramolecular Hbond substituents is 3. The molecule has 10 heteroatoms. The van der Waals surface area contributed by atoms with Crippen molar-refractivity contribution < 1.29 is 32.5 Å². The van der Waals surface area contributed by atoms with Crippen molar-refractivity contribution in [2.45, 2.75) is 4.90 Å². The van der Waals surface area contributed by atoms with Crippen LogP contribution in [0.4, 0.5) is 10.1 Å². The predicted octanol–water partition coefficient (Wildman–Crippen LogP) is 3.00. The van der Waals surface area contributed by atoms with E-state index in [1.54, 1.807) is 0 Å². The molecule has 0 spiro atoms. The Morgan fingerprint density at radius 3 is 2.28 bits per heavy atom. The maximum Gasteiger partial charge on any atom is 0.262 e. The van der Waals surface area contributed by atoms with Crippen LogP contribution in [0.15, 0.2) is 62.6 Å². The molecular weight excluding hydrogens is 405 g/mol. The molecule has 0 bridgehead atoms. The summed E-state index contributed by atoms with van der Waals surface area (Å²) in [4.78, 5) is 12.4. The van der Waals surface area contributed by atoms with Crippen molar-refractivity contribution in [3.05, 3.63) is 64.6 Å². The number of sulfonamides is 1. The van der Waals surface area contributed by atoms with Gasteiger partial charge in [0.15, 0.2) is 11.5 Å². The SMILES string of the molecule is O=c1c2c(O)cccc2oc2cc(NS(=O)(=O)c3ccc(F)cc3)c(O)c(O)c12. The highest BCUT2D eigenvalue weighted by atomic mass is 32.2. The van der Waals surface area contributed by atoms with Crippen LogP contribution in [0.25, 0.3) is 21.9 Å². The minimum atomic E-state index is -4.24. The monoisotopic (exact) mass is 417 g/mol. The van der Waals surface area contributed by atoms with Crippen LogP contribution in [0.5, 0.6) is 17.2 Å². The third kappa shape index (κ3) is 2.99. The Bertz CT molecular complexity index is 1440. The van der Waals surface area contributed by atoms with Gasteiger partial charge in [0.1, 0.15) is 33.5 Å². The maximum absolute atomic E-state index is 13.0. The van der Waals surface area contributed by atoms with Gasteiger partial charge in [0.25, 0.3) is 10.0 Å². The molecule has 4 N–H and O–H groups in total. The molecule has 0 radical (unpaired) electrons. The van der Waals surface area contributed by atoms with Crippen LogP contribution in [-0.2, 0) is 10.0 Å². The number of halogens is 1. The van der Waals surface area contributed by atoms with Crippen LogP contribution in [0.3, 0.4) is 0 Å². The summed E-state index contributed by atoms with van der Waals surface area (Å²) in [5.74, 6) is -2.84. The minimum absolute atomic E-state index is 0.0000634. The van der Waals surface area contributed by atoms with Gasteiger partial charge in [-0.3, -0.25) is 9.52 Å². The van der Waals surface area contributed by atoms with Gasteiger partial charge in [-0.1, -0.05) is 6.07 Å². The molecule has 0 saturated heterocycles. The first-order chi connectivity index (χ1) is 13.7. The average Bonchev–Trinajstić information content (AvgIpc) is 2.66. The number of aromatic hydroxyl groups is 3. The number of anilines is 1. The third-order valence-electron chi connectivity index (χ3n) is 4.28. The number of hydrogen-bond donors (Lipinski definition) is 4. The fraction of sp³-hybridized carbons (Fsp3) is 0. The first-order valence-electron chi connectivity index (χ1n) is 8.11. The molecule has 8 nitrogen and oxygen atoms in total. The zero-order chi connectivity index (χ0) is 20.9. The normalized spacial score (nSPS) is 11.8. The van der Waals surface area contributed by atoms with E-state index in [0.29, 0.717) is 0 Å². The van der Waals surface area contributed by atoms with Gasteiger partial charge >= 0.3 is 0 Å². The summed E-state index contributed by atoms with van der Waals surface area (Å²) in [5, 5.41) is 29.8. The minimum Gasteiger partial charge on any atom is -0.507 e. The quantitative estimate of drug-likeness (QED) is 0.297. The number of rotatable bonds is 3. The Hall–Kier alpha value is -3.79. The van der Waals surface area contributed by atoms with Crippen LogP contribution in [0, 0.1) is 5.82 Å². The van der Waals surface area contributed by atoms with Crippen molar-refractivity contribution in [3.8, 4) is 17.2 Å². The number of fused-ring (bicyclic) bond motifs is 2. The van der Waals surface area contributed by atoms with E-state index in [1.165, 1.54) is 18.2 Å². The van der Waals surface area contributed by atoms with E-state index in [2.05, 4.69) is 4.72 Å². The van der Waals surface area contributed by atoms with E-state index >= 15 is 0 Å². The summed E-state index contributed by atoms with van der Waals surface area (Å²) in [7, 11) is -4.24. The van der Waals surface area contributed by atoms with Crippen molar-refractivity contribution >= 4 is 37.6 Å². The molecule has 0 amide bonds.